The molecule has 0 saturated heterocycles. The molecule has 2 aliphatic rings. The van der Waals surface area contributed by atoms with Gasteiger partial charge in [-0.25, -0.2) is 0 Å². The zero-order valence-electron chi connectivity index (χ0n) is 13.7. The maximum absolute atomic E-state index is 12.4. The van der Waals surface area contributed by atoms with E-state index in [-0.39, 0.29) is 12.5 Å². The highest BCUT2D eigenvalue weighted by atomic mass is 16.5. The molecule has 0 heterocycles. The SMILES string of the molecule is [NH3+][C@]1(C(=O)[O-])CC[C@H]1C(=O)OCC1c2ccccc2-c2ccccc21. The standard InChI is InChI=1S/C20H19NO4/c21-20(19(23)24)10-9-17(20)18(22)25-11-16-14-7-3-1-5-12(14)13-6-2-4-8-15(13)16/h1-8,16-17H,9-11,21H2,(H,23,24)/t17-,20+/m0/s1. The van der Waals surface area contributed by atoms with Crippen LogP contribution in [0.3, 0.4) is 0 Å². The lowest BCUT2D eigenvalue weighted by atomic mass is 9.67. The smallest absolute Gasteiger partial charge is 0.315 e. The first-order chi connectivity index (χ1) is 12.0. The summed E-state index contributed by atoms with van der Waals surface area (Å²) in [6.45, 7) is 0.201. The van der Waals surface area contributed by atoms with Crippen LogP contribution < -0.4 is 10.8 Å². The van der Waals surface area contributed by atoms with Crippen molar-refractivity contribution < 1.29 is 25.2 Å². The monoisotopic (exact) mass is 337 g/mol. The van der Waals surface area contributed by atoms with Crippen LogP contribution in [0, 0.1) is 5.92 Å². The van der Waals surface area contributed by atoms with Crippen molar-refractivity contribution in [2.45, 2.75) is 24.3 Å². The molecule has 3 N–H and O–H groups in total. The zero-order valence-corrected chi connectivity index (χ0v) is 13.7. The van der Waals surface area contributed by atoms with Crippen molar-refractivity contribution in [3.63, 3.8) is 0 Å². The van der Waals surface area contributed by atoms with Crippen molar-refractivity contribution >= 4 is 11.9 Å². The lowest BCUT2D eigenvalue weighted by Gasteiger charge is -2.41. The van der Waals surface area contributed by atoms with Gasteiger partial charge in [-0.3, -0.25) is 4.79 Å². The van der Waals surface area contributed by atoms with Crippen molar-refractivity contribution in [2.75, 3.05) is 6.61 Å². The Morgan fingerprint density at radius 2 is 1.64 bits per heavy atom. The predicted molar refractivity (Wildman–Crippen MR) is 88.0 cm³/mol. The van der Waals surface area contributed by atoms with Gasteiger partial charge in [0.2, 0.25) is 0 Å². The van der Waals surface area contributed by atoms with E-state index in [9.17, 15) is 14.7 Å². The summed E-state index contributed by atoms with van der Waals surface area (Å²) in [6, 6.07) is 16.2. The summed E-state index contributed by atoms with van der Waals surface area (Å²) in [6.07, 6.45) is 0.832. The Morgan fingerprint density at radius 1 is 1.08 bits per heavy atom. The molecule has 0 radical (unpaired) electrons. The normalized spacial score (nSPS) is 24.1. The Balaban J connectivity index is 1.54. The van der Waals surface area contributed by atoms with Gasteiger partial charge in [-0.1, -0.05) is 48.5 Å². The van der Waals surface area contributed by atoms with E-state index in [1.807, 2.05) is 36.4 Å². The Kier molecular flexibility index (Phi) is 3.62. The molecule has 1 fully saturated rings. The Morgan fingerprint density at radius 3 is 2.12 bits per heavy atom. The van der Waals surface area contributed by atoms with Crippen LogP contribution >= 0.6 is 0 Å². The number of rotatable bonds is 4. The molecule has 1 saturated carbocycles. The van der Waals surface area contributed by atoms with Gasteiger partial charge < -0.3 is 20.4 Å². The maximum atomic E-state index is 12.4. The lowest BCUT2D eigenvalue weighted by Crippen LogP contribution is -2.87. The Labute approximate surface area is 145 Å². The molecular formula is C20H19NO4. The van der Waals surface area contributed by atoms with Crippen LogP contribution in [-0.4, -0.2) is 24.1 Å². The summed E-state index contributed by atoms with van der Waals surface area (Å²) in [5.74, 6) is -2.52. The van der Waals surface area contributed by atoms with Crippen LogP contribution in [0.5, 0.6) is 0 Å². The molecule has 0 aliphatic heterocycles. The van der Waals surface area contributed by atoms with Gasteiger partial charge in [0.1, 0.15) is 24.0 Å². The van der Waals surface area contributed by atoms with E-state index in [1.165, 1.54) is 0 Å². The molecule has 0 unspecified atom stereocenters. The fraction of sp³-hybridized carbons (Fsp3) is 0.300. The number of hydrogen-bond acceptors (Lipinski definition) is 4. The van der Waals surface area contributed by atoms with Crippen molar-refractivity contribution in [3.8, 4) is 11.1 Å². The summed E-state index contributed by atoms with van der Waals surface area (Å²) >= 11 is 0. The number of aliphatic carboxylic acids is 1. The molecular weight excluding hydrogens is 318 g/mol. The molecule has 2 aromatic carbocycles. The second-order valence-electron chi connectivity index (χ2n) is 6.89. The number of carbonyl (C=O) groups is 2. The van der Waals surface area contributed by atoms with Gasteiger partial charge in [0.25, 0.3) is 0 Å². The van der Waals surface area contributed by atoms with E-state index < -0.39 is 23.4 Å². The highest BCUT2D eigenvalue weighted by molar-refractivity contribution is 5.87. The fourth-order valence-electron chi connectivity index (χ4n) is 3.93. The van der Waals surface area contributed by atoms with E-state index in [2.05, 4.69) is 17.9 Å². The van der Waals surface area contributed by atoms with E-state index in [4.69, 9.17) is 4.74 Å². The average Bonchev–Trinajstić information content (AvgIpc) is 2.92. The van der Waals surface area contributed by atoms with Crippen LogP contribution in [0.15, 0.2) is 48.5 Å². The van der Waals surface area contributed by atoms with E-state index in [0.29, 0.717) is 12.8 Å². The van der Waals surface area contributed by atoms with Crippen LogP contribution in [0.1, 0.15) is 29.9 Å². The second-order valence-corrected chi connectivity index (χ2v) is 6.89. The minimum atomic E-state index is -1.34. The van der Waals surface area contributed by atoms with Crippen molar-refractivity contribution in [1.29, 1.82) is 0 Å². The molecule has 2 aromatic rings. The number of carboxylic acid groups (broad SMARTS) is 1. The highest BCUT2D eigenvalue weighted by Gasteiger charge is 2.54. The largest absolute Gasteiger partial charge is 0.544 e. The minimum Gasteiger partial charge on any atom is -0.544 e. The molecule has 4 rings (SSSR count). The van der Waals surface area contributed by atoms with Crippen molar-refractivity contribution in [3.05, 3.63) is 59.7 Å². The van der Waals surface area contributed by atoms with E-state index in [0.717, 1.165) is 22.3 Å². The van der Waals surface area contributed by atoms with Crippen molar-refractivity contribution in [1.82, 2.24) is 0 Å². The molecule has 5 nitrogen and oxygen atoms in total. The summed E-state index contributed by atoms with van der Waals surface area (Å²) in [5, 5.41) is 11.2. The van der Waals surface area contributed by atoms with Gasteiger partial charge >= 0.3 is 5.97 Å². The summed E-state index contributed by atoms with van der Waals surface area (Å²) in [5.41, 5.74) is 6.90. The molecule has 25 heavy (non-hydrogen) atoms. The molecule has 2 aliphatic carbocycles. The number of esters is 1. The third-order valence-corrected chi connectivity index (χ3v) is 5.59. The van der Waals surface area contributed by atoms with Crippen LogP contribution in [0.2, 0.25) is 0 Å². The quantitative estimate of drug-likeness (QED) is 0.821. The van der Waals surface area contributed by atoms with Gasteiger partial charge in [0.15, 0.2) is 0 Å². The Bertz CT molecular complexity index is 817. The van der Waals surface area contributed by atoms with Crippen LogP contribution in [0.25, 0.3) is 11.1 Å². The highest BCUT2D eigenvalue weighted by Crippen LogP contribution is 2.45. The van der Waals surface area contributed by atoms with Gasteiger partial charge in [-0.15, -0.1) is 0 Å². The number of carbonyl (C=O) groups excluding carboxylic acids is 2. The molecule has 0 aromatic heterocycles. The molecule has 0 spiro atoms. The molecule has 0 amide bonds. The third kappa shape index (κ3) is 2.35. The molecule has 2 atom stereocenters. The first-order valence-electron chi connectivity index (χ1n) is 8.44. The van der Waals surface area contributed by atoms with E-state index in [1.54, 1.807) is 0 Å². The average molecular weight is 337 g/mol. The van der Waals surface area contributed by atoms with Gasteiger partial charge in [0, 0.05) is 12.3 Å². The molecule has 5 heteroatoms. The molecule has 0 bridgehead atoms. The number of carboxylic acids is 1. The summed E-state index contributed by atoms with van der Waals surface area (Å²) in [7, 11) is 0. The Hall–Kier alpha value is -2.66. The van der Waals surface area contributed by atoms with Crippen LogP contribution in [0.4, 0.5) is 0 Å². The summed E-state index contributed by atoms with van der Waals surface area (Å²) in [4.78, 5) is 23.6. The first-order valence-corrected chi connectivity index (χ1v) is 8.44. The fourth-order valence-corrected chi connectivity index (χ4v) is 3.93. The minimum absolute atomic E-state index is 0.0291. The second kappa shape index (κ2) is 5.70. The van der Waals surface area contributed by atoms with E-state index >= 15 is 0 Å². The van der Waals surface area contributed by atoms with Crippen molar-refractivity contribution in [2.24, 2.45) is 5.92 Å². The first kappa shape index (κ1) is 15.8. The lowest BCUT2D eigenvalue weighted by molar-refractivity contribution is -0.514. The third-order valence-electron chi connectivity index (χ3n) is 5.59. The van der Waals surface area contributed by atoms with Gasteiger partial charge in [-0.05, 0) is 28.7 Å². The van der Waals surface area contributed by atoms with Gasteiger partial charge in [-0.2, -0.15) is 0 Å². The van der Waals surface area contributed by atoms with Gasteiger partial charge in [0.05, 0.1) is 0 Å². The number of quaternary nitrogens is 1. The number of hydrogen-bond donors (Lipinski definition) is 1. The number of fused-ring (bicyclic) bond motifs is 3. The number of benzene rings is 2. The predicted octanol–water partition coefficient (Wildman–Crippen LogP) is 0.483. The van der Waals surface area contributed by atoms with Crippen LogP contribution in [-0.2, 0) is 14.3 Å². The summed E-state index contributed by atoms with van der Waals surface area (Å²) < 4.78 is 5.52. The zero-order chi connectivity index (χ0) is 17.6. The maximum Gasteiger partial charge on any atom is 0.315 e. The molecule has 128 valence electrons. The topological polar surface area (TPSA) is 94.1 Å². The number of ether oxygens (including phenoxy) is 1.